The van der Waals surface area contributed by atoms with Crippen molar-refractivity contribution in [3.63, 3.8) is 0 Å². The van der Waals surface area contributed by atoms with Gasteiger partial charge in [0.05, 0.1) is 10.7 Å². The Labute approximate surface area is 93.2 Å². The molecule has 0 saturated heterocycles. The third-order valence-electron chi connectivity index (χ3n) is 2.73. The fourth-order valence-corrected chi connectivity index (χ4v) is 2.66. The van der Waals surface area contributed by atoms with Crippen LogP contribution < -0.4 is 11.5 Å². The molecule has 1 unspecified atom stereocenters. The molecule has 1 aromatic carbocycles. The Hall–Kier alpha value is -0.440. The van der Waals surface area contributed by atoms with Crippen molar-refractivity contribution in [2.24, 2.45) is 5.73 Å². The molecule has 0 bridgehead atoms. The highest BCUT2D eigenvalue weighted by molar-refractivity contribution is 6.37. The lowest BCUT2D eigenvalue weighted by molar-refractivity contribution is 0.572. The molecule has 76 valence electrons. The molecule has 0 radical (unpaired) electrons. The van der Waals surface area contributed by atoms with Gasteiger partial charge < -0.3 is 11.5 Å². The van der Waals surface area contributed by atoms with E-state index in [-0.39, 0.29) is 6.04 Å². The fourth-order valence-electron chi connectivity index (χ4n) is 2.01. The molecule has 0 spiro atoms. The number of hydrogen-bond donors (Lipinski definition) is 2. The van der Waals surface area contributed by atoms with Gasteiger partial charge in [-0.15, -0.1) is 0 Å². The summed E-state index contributed by atoms with van der Waals surface area (Å²) in [7, 11) is 0. The molecule has 2 nitrogen and oxygen atoms in total. The molecule has 1 aliphatic carbocycles. The molecule has 0 saturated carbocycles. The largest absolute Gasteiger partial charge is 0.397 e. The topological polar surface area (TPSA) is 52.0 Å². The van der Waals surface area contributed by atoms with Crippen molar-refractivity contribution in [3.8, 4) is 0 Å². The first-order chi connectivity index (χ1) is 6.61. The average molecular weight is 231 g/mol. The van der Waals surface area contributed by atoms with Gasteiger partial charge in [0, 0.05) is 11.1 Å². The first-order valence-electron chi connectivity index (χ1n) is 4.63. The lowest BCUT2D eigenvalue weighted by atomic mass is 9.87. The Morgan fingerprint density at radius 3 is 2.71 bits per heavy atom. The Morgan fingerprint density at radius 2 is 2.00 bits per heavy atom. The predicted molar refractivity (Wildman–Crippen MR) is 60.7 cm³/mol. The summed E-state index contributed by atoms with van der Waals surface area (Å²) in [5.74, 6) is 0. The van der Waals surface area contributed by atoms with Crippen LogP contribution in [0.15, 0.2) is 6.07 Å². The number of anilines is 1. The summed E-state index contributed by atoms with van der Waals surface area (Å²) < 4.78 is 0. The molecule has 2 rings (SSSR count). The van der Waals surface area contributed by atoms with Crippen LogP contribution in [0, 0.1) is 0 Å². The second-order valence-electron chi connectivity index (χ2n) is 3.64. The van der Waals surface area contributed by atoms with Crippen molar-refractivity contribution < 1.29 is 0 Å². The normalized spacial score (nSPS) is 20.6. The zero-order valence-electron chi connectivity index (χ0n) is 7.69. The van der Waals surface area contributed by atoms with Crippen LogP contribution in [0.4, 0.5) is 5.69 Å². The summed E-state index contributed by atoms with van der Waals surface area (Å²) in [5, 5.41) is 1.18. The third-order valence-corrected chi connectivity index (χ3v) is 3.36. The molecule has 0 aromatic heterocycles. The van der Waals surface area contributed by atoms with Crippen molar-refractivity contribution in [1.82, 2.24) is 0 Å². The van der Waals surface area contributed by atoms with Crippen LogP contribution in [0.5, 0.6) is 0 Å². The molecule has 14 heavy (non-hydrogen) atoms. The standard InChI is InChI=1S/C10H12Cl2N2/c11-6-4-7(12)10(14)5-2-1-3-8(13)9(5)6/h4,8H,1-3,13-14H2. The third kappa shape index (κ3) is 1.48. The number of fused-ring (bicyclic) bond motifs is 1. The maximum atomic E-state index is 6.09. The lowest BCUT2D eigenvalue weighted by Gasteiger charge is -2.25. The van der Waals surface area contributed by atoms with Gasteiger partial charge in [0.1, 0.15) is 0 Å². The monoisotopic (exact) mass is 230 g/mol. The van der Waals surface area contributed by atoms with Crippen LogP contribution >= 0.6 is 23.2 Å². The maximum Gasteiger partial charge on any atom is 0.0653 e. The van der Waals surface area contributed by atoms with E-state index < -0.39 is 0 Å². The van der Waals surface area contributed by atoms with Gasteiger partial charge in [-0.1, -0.05) is 23.2 Å². The van der Waals surface area contributed by atoms with E-state index in [1.807, 2.05) is 0 Å². The first kappa shape index (κ1) is 10.1. The van der Waals surface area contributed by atoms with Crippen LogP contribution in [0.3, 0.4) is 0 Å². The minimum atomic E-state index is 0.00539. The molecular weight excluding hydrogens is 219 g/mol. The van der Waals surface area contributed by atoms with Crippen LogP contribution in [0.25, 0.3) is 0 Å². The molecule has 4 heteroatoms. The van der Waals surface area contributed by atoms with Gasteiger partial charge in [0.2, 0.25) is 0 Å². The summed E-state index contributed by atoms with van der Waals surface area (Å²) in [6.45, 7) is 0. The summed E-state index contributed by atoms with van der Waals surface area (Å²) in [6.07, 6.45) is 2.94. The van der Waals surface area contributed by atoms with Gasteiger partial charge >= 0.3 is 0 Å². The van der Waals surface area contributed by atoms with Gasteiger partial charge in [0.25, 0.3) is 0 Å². The molecule has 4 N–H and O–H groups in total. The van der Waals surface area contributed by atoms with Gasteiger partial charge in [0.15, 0.2) is 0 Å². The minimum absolute atomic E-state index is 0.00539. The highest BCUT2D eigenvalue weighted by Gasteiger charge is 2.23. The molecular formula is C10H12Cl2N2. The van der Waals surface area contributed by atoms with E-state index in [1.54, 1.807) is 6.07 Å². The second kappa shape index (κ2) is 3.61. The molecule has 0 aliphatic heterocycles. The summed E-state index contributed by atoms with van der Waals surface area (Å²) >= 11 is 12.0. The summed E-state index contributed by atoms with van der Waals surface area (Å²) in [6, 6.07) is 1.69. The number of benzene rings is 1. The second-order valence-corrected chi connectivity index (χ2v) is 4.46. The fraction of sp³-hybridized carbons (Fsp3) is 0.400. The van der Waals surface area contributed by atoms with E-state index in [0.717, 1.165) is 30.4 Å². The Balaban J connectivity index is 2.66. The molecule has 0 heterocycles. The van der Waals surface area contributed by atoms with Crippen molar-refractivity contribution in [3.05, 3.63) is 27.2 Å². The predicted octanol–water partition coefficient (Wildman–Crippen LogP) is 2.91. The van der Waals surface area contributed by atoms with E-state index in [2.05, 4.69) is 0 Å². The van der Waals surface area contributed by atoms with Crippen LogP contribution in [-0.2, 0) is 6.42 Å². The average Bonchev–Trinajstić information content (AvgIpc) is 2.14. The van der Waals surface area contributed by atoms with Crippen molar-refractivity contribution in [1.29, 1.82) is 0 Å². The number of nitrogen functional groups attached to an aromatic ring is 1. The smallest absolute Gasteiger partial charge is 0.0653 e. The highest BCUT2D eigenvalue weighted by Crippen LogP contribution is 2.40. The van der Waals surface area contributed by atoms with E-state index in [4.69, 9.17) is 34.7 Å². The zero-order chi connectivity index (χ0) is 10.3. The van der Waals surface area contributed by atoms with Gasteiger partial charge in [-0.25, -0.2) is 0 Å². The molecule has 0 amide bonds. The van der Waals surface area contributed by atoms with Crippen molar-refractivity contribution >= 4 is 28.9 Å². The van der Waals surface area contributed by atoms with E-state index >= 15 is 0 Å². The highest BCUT2D eigenvalue weighted by atomic mass is 35.5. The SMILES string of the molecule is Nc1c(Cl)cc(Cl)c2c1CCCC2N. The number of rotatable bonds is 0. The quantitative estimate of drug-likeness (QED) is 0.674. The minimum Gasteiger partial charge on any atom is -0.397 e. The van der Waals surface area contributed by atoms with Gasteiger partial charge in [-0.2, -0.15) is 0 Å². The van der Waals surface area contributed by atoms with Crippen LogP contribution in [0.2, 0.25) is 10.0 Å². The number of halogens is 2. The van der Waals surface area contributed by atoms with Crippen LogP contribution in [-0.4, -0.2) is 0 Å². The zero-order valence-corrected chi connectivity index (χ0v) is 9.20. The summed E-state index contributed by atoms with van der Waals surface area (Å²) in [5.41, 5.74) is 14.5. The first-order valence-corrected chi connectivity index (χ1v) is 5.38. The maximum absolute atomic E-state index is 6.09. The van der Waals surface area contributed by atoms with Crippen LogP contribution in [0.1, 0.15) is 30.0 Å². The van der Waals surface area contributed by atoms with E-state index in [1.165, 1.54) is 0 Å². The summed E-state index contributed by atoms with van der Waals surface area (Å²) in [4.78, 5) is 0. The van der Waals surface area contributed by atoms with Crippen molar-refractivity contribution in [2.75, 3.05) is 5.73 Å². The van der Waals surface area contributed by atoms with Crippen molar-refractivity contribution in [2.45, 2.75) is 25.3 Å². The molecule has 1 atom stereocenters. The van der Waals surface area contributed by atoms with Gasteiger partial charge in [-0.05, 0) is 36.5 Å². The molecule has 0 fully saturated rings. The van der Waals surface area contributed by atoms with Gasteiger partial charge in [-0.3, -0.25) is 0 Å². The Morgan fingerprint density at radius 1 is 1.29 bits per heavy atom. The lowest BCUT2D eigenvalue weighted by Crippen LogP contribution is -2.19. The van der Waals surface area contributed by atoms with E-state index in [9.17, 15) is 0 Å². The molecule has 1 aliphatic rings. The number of nitrogens with two attached hydrogens (primary N) is 2. The van der Waals surface area contributed by atoms with E-state index in [0.29, 0.717) is 15.7 Å². The Kier molecular flexibility index (Phi) is 2.60. The molecule has 1 aromatic rings. The number of hydrogen-bond acceptors (Lipinski definition) is 2. The Bertz CT molecular complexity index is 377.